The lowest BCUT2D eigenvalue weighted by molar-refractivity contribution is 0.0994. The van der Waals surface area contributed by atoms with E-state index in [4.69, 9.17) is 4.74 Å². The van der Waals surface area contributed by atoms with Gasteiger partial charge in [-0.3, -0.25) is 9.89 Å². The van der Waals surface area contributed by atoms with Crippen molar-refractivity contribution in [2.75, 3.05) is 7.11 Å². The molecule has 0 spiro atoms. The summed E-state index contributed by atoms with van der Waals surface area (Å²) in [4.78, 5) is 16.9. The minimum Gasteiger partial charge on any atom is -0.497 e. The van der Waals surface area contributed by atoms with Gasteiger partial charge in [0.25, 0.3) is 0 Å². The Morgan fingerprint density at radius 3 is 2.50 bits per heavy atom. The van der Waals surface area contributed by atoms with Gasteiger partial charge in [-0.15, -0.1) is 5.10 Å². The molecule has 6 heteroatoms. The molecule has 0 aliphatic heterocycles. The van der Waals surface area contributed by atoms with Gasteiger partial charge >= 0.3 is 0 Å². The number of Topliss-reactive ketones (excluding diaryl/α,β-unsaturated/α-hetero) is 1. The summed E-state index contributed by atoms with van der Waals surface area (Å²) < 4.78 is 5.14. The number of nitrogens with zero attached hydrogens (tertiary/aromatic N) is 2. The Hall–Kier alpha value is -2.60. The first-order valence-corrected chi connectivity index (χ1v) is 8.38. The number of carbonyl (C=O) groups is 1. The molecule has 3 aromatic rings. The van der Waals surface area contributed by atoms with Gasteiger partial charge in [0.1, 0.15) is 5.75 Å². The zero-order chi connectivity index (χ0) is 16.9. The Kier molecular flexibility index (Phi) is 4.96. The molecule has 0 fully saturated rings. The minimum absolute atomic E-state index is 0.0661. The van der Waals surface area contributed by atoms with Crippen LogP contribution in [0.15, 0.2) is 59.8 Å². The van der Waals surface area contributed by atoms with Gasteiger partial charge in [0.15, 0.2) is 11.6 Å². The van der Waals surface area contributed by atoms with Gasteiger partial charge in [-0.05, 0) is 31.2 Å². The van der Waals surface area contributed by atoms with Crippen LogP contribution in [0.2, 0.25) is 0 Å². The number of hydrogen-bond donors (Lipinski definition) is 1. The number of ketones is 1. The third-order valence-electron chi connectivity index (χ3n) is 3.54. The Morgan fingerprint density at radius 1 is 1.12 bits per heavy atom. The summed E-state index contributed by atoms with van der Waals surface area (Å²) in [6, 6.07) is 16.8. The van der Waals surface area contributed by atoms with E-state index in [9.17, 15) is 4.79 Å². The first-order valence-electron chi connectivity index (χ1n) is 7.50. The third kappa shape index (κ3) is 3.65. The SMILES string of the molecule is COc1ccc(-c2nc(SC(C)C(=O)c3ccccc3)n[nH]2)cc1. The number of benzene rings is 2. The number of thioether (sulfide) groups is 1. The zero-order valence-corrected chi connectivity index (χ0v) is 14.2. The fourth-order valence-electron chi connectivity index (χ4n) is 2.23. The number of rotatable bonds is 6. The number of ether oxygens (including phenoxy) is 1. The van der Waals surface area contributed by atoms with E-state index < -0.39 is 0 Å². The van der Waals surface area contributed by atoms with Crippen LogP contribution in [0.5, 0.6) is 5.75 Å². The van der Waals surface area contributed by atoms with Crippen LogP contribution >= 0.6 is 11.8 Å². The van der Waals surface area contributed by atoms with E-state index in [0.29, 0.717) is 16.5 Å². The number of nitrogens with one attached hydrogen (secondary N) is 1. The number of carbonyl (C=O) groups excluding carboxylic acids is 1. The Labute approximate surface area is 144 Å². The van der Waals surface area contributed by atoms with Gasteiger partial charge in [-0.1, -0.05) is 42.1 Å². The van der Waals surface area contributed by atoms with Gasteiger partial charge in [0.05, 0.1) is 12.4 Å². The lowest BCUT2D eigenvalue weighted by Crippen LogP contribution is -2.13. The van der Waals surface area contributed by atoms with Crippen molar-refractivity contribution in [3.8, 4) is 17.1 Å². The highest BCUT2D eigenvalue weighted by Crippen LogP contribution is 2.25. The van der Waals surface area contributed by atoms with E-state index in [-0.39, 0.29) is 11.0 Å². The Balaban J connectivity index is 1.70. The summed E-state index contributed by atoms with van der Waals surface area (Å²) in [5.74, 6) is 1.52. The maximum Gasteiger partial charge on any atom is 0.209 e. The number of methoxy groups -OCH3 is 1. The fraction of sp³-hybridized carbons (Fsp3) is 0.167. The second kappa shape index (κ2) is 7.31. The predicted octanol–water partition coefficient (Wildman–Crippen LogP) is 3.84. The molecule has 0 amide bonds. The van der Waals surface area contributed by atoms with Crippen LogP contribution in [0.4, 0.5) is 0 Å². The van der Waals surface area contributed by atoms with Crippen molar-refractivity contribution < 1.29 is 9.53 Å². The van der Waals surface area contributed by atoms with Crippen LogP contribution in [-0.2, 0) is 0 Å². The van der Waals surface area contributed by atoms with Crippen LogP contribution in [0, 0.1) is 0 Å². The molecule has 1 aromatic heterocycles. The normalized spacial score (nSPS) is 11.9. The molecule has 3 rings (SSSR count). The van der Waals surface area contributed by atoms with Crippen molar-refractivity contribution in [3.63, 3.8) is 0 Å². The van der Waals surface area contributed by atoms with Gasteiger partial charge in [-0.2, -0.15) is 0 Å². The van der Waals surface area contributed by atoms with E-state index in [0.717, 1.165) is 11.3 Å². The van der Waals surface area contributed by atoms with Crippen molar-refractivity contribution in [2.45, 2.75) is 17.3 Å². The van der Waals surface area contributed by atoms with Crippen molar-refractivity contribution in [1.29, 1.82) is 0 Å². The molecule has 5 nitrogen and oxygen atoms in total. The maximum absolute atomic E-state index is 12.4. The van der Waals surface area contributed by atoms with E-state index in [1.54, 1.807) is 7.11 Å². The molecule has 122 valence electrons. The Bertz CT molecular complexity index is 816. The van der Waals surface area contributed by atoms with Crippen LogP contribution in [0.25, 0.3) is 11.4 Å². The van der Waals surface area contributed by atoms with E-state index in [1.807, 2.05) is 61.5 Å². The molecule has 2 aromatic carbocycles. The van der Waals surface area contributed by atoms with Crippen molar-refractivity contribution >= 4 is 17.5 Å². The molecular formula is C18H17N3O2S. The van der Waals surface area contributed by atoms with E-state index in [2.05, 4.69) is 15.2 Å². The molecule has 0 radical (unpaired) electrons. The highest BCUT2D eigenvalue weighted by atomic mass is 32.2. The number of hydrogen-bond acceptors (Lipinski definition) is 5. The average molecular weight is 339 g/mol. The average Bonchev–Trinajstić information content (AvgIpc) is 3.10. The lowest BCUT2D eigenvalue weighted by Gasteiger charge is -2.07. The standard InChI is InChI=1S/C18H17N3O2S/c1-12(16(22)13-6-4-3-5-7-13)24-18-19-17(20-21-18)14-8-10-15(23-2)11-9-14/h3-12H,1-2H3,(H,19,20,21). The zero-order valence-electron chi connectivity index (χ0n) is 13.4. The summed E-state index contributed by atoms with van der Waals surface area (Å²) >= 11 is 1.34. The predicted molar refractivity (Wildman–Crippen MR) is 94.5 cm³/mol. The summed E-state index contributed by atoms with van der Waals surface area (Å²) in [7, 11) is 1.63. The van der Waals surface area contributed by atoms with Crippen molar-refractivity contribution in [2.24, 2.45) is 0 Å². The first-order chi connectivity index (χ1) is 11.7. The summed E-state index contributed by atoms with van der Waals surface area (Å²) in [5.41, 5.74) is 1.61. The van der Waals surface area contributed by atoms with Crippen LogP contribution in [-0.4, -0.2) is 33.3 Å². The quantitative estimate of drug-likeness (QED) is 0.546. The topological polar surface area (TPSA) is 67.9 Å². The molecule has 0 saturated heterocycles. The lowest BCUT2D eigenvalue weighted by atomic mass is 10.1. The molecule has 0 bridgehead atoms. The van der Waals surface area contributed by atoms with E-state index in [1.165, 1.54) is 11.8 Å². The highest BCUT2D eigenvalue weighted by Gasteiger charge is 2.18. The monoisotopic (exact) mass is 339 g/mol. The smallest absolute Gasteiger partial charge is 0.209 e. The molecular weight excluding hydrogens is 322 g/mol. The van der Waals surface area contributed by atoms with Gasteiger partial charge in [0, 0.05) is 11.1 Å². The molecule has 24 heavy (non-hydrogen) atoms. The maximum atomic E-state index is 12.4. The van der Waals surface area contributed by atoms with Crippen molar-refractivity contribution in [3.05, 3.63) is 60.2 Å². The van der Waals surface area contributed by atoms with Crippen LogP contribution in [0.1, 0.15) is 17.3 Å². The largest absolute Gasteiger partial charge is 0.497 e. The second-order valence-corrected chi connectivity index (χ2v) is 6.49. The first kappa shape index (κ1) is 16.3. The summed E-state index contributed by atoms with van der Waals surface area (Å²) in [5, 5.41) is 7.40. The fourth-order valence-corrected chi connectivity index (χ4v) is 3.03. The number of aromatic amines is 1. The third-order valence-corrected chi connectivity index (χ3v) is 4.50. The molecule has 1 heterocycles. The van der Waals surface area contributed by atoms with Gasteiger partial charge < -0.3 is 4.74 Å². The minimum atomic E-state index is -0.257. The number of H-pyrrole nitrogens is 1. The van der Waals surface area contributed by atoms with E-state index >= 15 is 0 Å². The number of aromatic nitrogens is 3. The van der Waals surface area contributed by atoms with Crippen LogP contribution < -0.4 is 4.74 Å². The summed E-state index contributed by atoms with van der Waals surface area (Å²) in [6.45, 7) is 1.86. The molecule has 1 N–H and O–H groups in total. The van der Waals surface area contributed by atoms with Crippen molar-refractivity contribution in [1.82, 2.24) is 15.2 Å². The molecule has 1 unspecified atom stereocenters. The highest BCUT2D eigenvalue weighted by molar-refractivity contribution is 8.00. The molecule has 1 atom stereocenters. The molecule has 0 saturated carbocycles. The molecule has 0 aliphatic rings. The van der Waals surface area contributed by atoms with Gasteiger partial charge in [-0.25, -0.2) is 4.98 Å². The van der Waals surface area contributed by atoms with Gasteiger partial charge in [0.2, 0.25) is 5.16 Å². The summed E-state index contributed by atoms with van der Waals surface area (Å²) in [6.07, 6.45) is 0. The molecule has 0 aliphatic carbocycles. The van der Waals surface area contributed by atoms with Crippen LogP contribution in [0.3, 0.4) is 0 Å². The second-order valence-electron chi connectivity index (χ2n) is 5.19. The Morgan fingerprint density at radius 2 is 1.83 bits per heavy atom.